The normalized spacial score (nSPS) is 14.6. The van der Waals surface area contributed by atoms with Crippen LogP contribution in [-0.2, 0) is 12.1 Å². The predicted octanol–water partition coefficient (Wildman–Crippen LogP) is 3.67. The Bertz CT molecular complexity index is 1610. The molecule has 5 aromatic rings. The average molecular weight is 530 g/mol. The van der Waals surface area contributed by atoms with Crippen molar-refractivity contribution in [3.05, 3.63) is 84.1 Å². The highest BCUT2D eigenvalue weighted by atomic mass is 19.4. The maximum Gasteiger partial charge on any atom is 0.425 e. The van der Waals surface area contributed by atoms with Gasteiger partial charge in [0.2, 0.25) is 11.5 Å². The van der Waals surface area contributed by atoms with Gasteiger partial charge in [0.1, 0.15) is 11.3 Å². The Hall–Kier alpha value is -4.00. The topological polar surface area (TPSA) is 106 Å². The molecule has 0 spiro atoms. The van der Waals surface area contributed by atoms with Crippen molar-refractivity contribution in [2.45, 2.75) is 24.4 Å². The van der Waals surface area contributed by atoms with Crippen LogP contribution in [0.2, 0.25) is 0 Å². The number of ether oxygens (including phenoxy) is 1. The van der Waals surface area contributed by atoms with Crippen LogP contribution >= 0.6 is 0 Å². The molecule has 0 bridgehead atoms. The fourth-order valence-corrected chi connectivity index (χ4v) is 4.60. The van der Waals surface area contributed by atoms with Gasteiger partial charge in [-0.1, -0.05) is 6.07 Å². The van der Waals surface area contributed by atoms with Crippen LogP contribution in [0.25, 0.3) is 27.5 Å². The smallest absolute Gasteiger partial charge is 0.425 e. The lowest BCUT2D eigenvalue weighted by Crippen LogP contribution is -2.43. The number of halogens is 4. The molecule has 0 aliphatic carbocycles. The number of hydrogen-bond donors (Lipinski definition) is 3. The van der Waals surface area contributed by atoms with Crippen LogP contribution in [0.1, 0.15) is 11.1 Å². The number of methoxy groups -OCH3 is 1. The van der Waals surface area contributed by atoms with Gasteiger partial charge >= 0.3 is 6.18 Å². The summed E-state index contributed by atoms with van der Waals surface area (Å²) in [6, 6.07) is 10.5. The highest BCUT2D eigenvalue weighted by Crippen LogP contribution is 2.48. The zero-order valence-electron chi connectivity index (χ0n) is 19.9. The summed E-state index contributed by atoms with van der Waals surface area (Å²) in [5, 5.41) is 35.3. The molecule has 0 aliphatic heterocycles. The third-order valence-corrected chi connectivity index (χ3v) is 6.42. The molecule has 0 amide bonds. The molecule has 3 heterocycles. The largest absolute Gasteiger partial charge is 0.479 e. The summed E-state index contributed by atoms with van der Waals surface area (Å²) >= 11 is 0. The summed E-state index contributed by atoms with van der Waals surface area (Å²) in [6.07, 6.45) is -2.76. The van der Waals surface area contributed by atoms with Crippen molar-refractivity contribution < 1.29 is 37.6 Å². The maximum absolute atomic E-state index is 14.8. The molecule has 5 rings (SSSR count). The molecule has 38 heavy (non-hydrogen) atoms. The number of aliphatic hydroxyl groups is 3. The third-order valence-electron chi connectivity index (χ3n) is 6.42. The first-order valence-electron chi connectivity index (χ1n) is 11.4. The highest BCUT2D eigenvalue weighted by molar-refractivity contribution is 5.90. The number of alkyl halides is 3. The summed E-state index contributed by atoms with van der Waals surface area (Å²) in [4.78, 5) is 4.04. The van der Waals surface area contributed by atoms with Crippen molar-refractivity contribution in [2.24, 2.45) is 0 Å². The van der Waals surface area contributed by atoms with Gasteiger partial charge in [0.15, 0.2) is 0 Å². The van der Waals surface area contributed by atoms with Crippen LogP contribution in [0.3, 0.4) is 0 Å². The SMILES string of the molecule is COc1nccc2c(C(O)(c3ccc4c(cnn4-c4ccc(F)cc4)c3)C(F)(F)F)cn(CC(O)CO)c12. The molecule has 0 fully saturated rings. The first-order valence-corrected chi connectivity index (χ1v) is 11.4. The van der Waals surface area contributed by atoms with Gasteiger partial charge < -0.3 is 24.6 Å². The Labute approximate surface area is 213 Å². The first kappa shape index (κ1) is 25.6. The zero-order chi connectivity index (χ0) is 27.2. The van der Waals surface area contributed by atoms with E-state index in [2.05, 4.69) is 10.1 Å². The van der Waals surface area contributed by atoms with E-state index in [0.29, 0.717) is 16.6 Å². The molecule has 3 N–H and O–H groups in total. The maximum atomic E-state index is 14.8. The molecule has 0 aliphatic rings. The van der Waals surface area contributed by atoms with Crippen molar-refractivity contribution >= 4 is 21.8 Å². The fourth-order valence-electron chi connectivity index (χ4n) is 4.60. The molecule has 12 heteroatoms. The van der Waals surface area contributed by atoms with E-state index in [4.69, 9.17) is 4.74 Å². The summed E-state index contributed by atoms with van der Waals surface area (Å²) in [5.74, 6) is -0.459. The van der Waals surface area contributed by atoms with Crippen molar-refractivity contribution in [2.75, 3.05) is 13.7 Å². The van der Waals surface area contributed by atoms with E-state index in [0.717, 1.165) is 12.3 Å². The van der Waals surface area contributed by atoms with Crippen molar-refractivity contribution in [3.8, 4) is 11.6 Å². The van der Waals surface area contributed by atoms with E-state index >= 15 is 0 Å². The van der Waals surface area contributed by atoms with Gasteiger partial charge in [0, 0.05) is 28.7 Å². The summed E-state index contributed by atoms with van der Waals surface area (Å²) in [6.45, 7) is -0.900. The molecule has 8 nitrogen and oxygen atoms in total. The Morgan fingerprint density at radius 2 is 1.82 bits per heavy atom. The monoisotopic (exact) mass is 530 g/mol. The molecule has 2 atom stereocenters. The van der Waals surface area contributed by atoms with E-state index in [1.54, 1.807) is 0 Å². The van der Waals surface area contributed by atoms with Crippen LogP contribution in [0.4, 0.5) is 17.6 Å². The van der Waals surface area contributed by atoms with Gasteiger partial charge in [-0.15, -0.1) is 0 Å². The van der Waals surface area contributed by atoms with Gasteiger partial charge in [0.25, 0.3) is 0 Å². The number of benzene rings is 2. The van der Waals surface area contributed by atoms with E-state index < -0.39 is 41.4 Å². The summed E-state index contributed by atoms with van der Waals surface area (Å²) < 4.78 is 65.6. The summed E-state index contributed by atoms with van der Waals surface area (Å²) in [7, 11) is 1.30. The third kappa shape index (κ3) is 4.06. The molecule has 0 saturated carbocycles. The van der Waals surface area contributed by atoms with Gasteiger partial charge in [0.05, 0.1) is 43.8 Å². The second-order valence-electron chi connectivity index (χ2n) is 8.76. The number of aromatic nitrogens is 4. The minimum atomic E-state index is -5.17. The van der Waals surface area contributed by atoms with Crippen LogP contribution in [0.15, 0.2) is 67.1 Å². The number of aliphatic hydroxyl groups excluding tert-OH is 2. The standard InChI is InChI=1S/C26H22F4N4O4/c1-38-24-23-20(8-9-31-24)21(13-33(23)12-19(36)14-35)25(37,26(28,29)30)16-2-7-22-15(10-16)11-32-34(22)18-5-3-17(27)4-6-18/h2-11,13,19,35-37H,12,14H2,1H3. The Balaban J connectivity index is 1.71. The molecule has 198 valence electrons. The minimum absolute atomic E-state index is 0.00363. The molecular formula is C26H22F4N4O4. The van der Waals surface area contributed by atoms with Crippen molar-refractivity contribution in [3.63, 3.8) is 0 Å². The molecule has 2 unspecified atom stereocenters. The second kappa shape index (κ2) is 9.39. The van der Waals surface area contributed by atoms with Crippen molar-refractivity contribution in [1.82, 2.24) is 19.3 Å². The van der Waals surface area contributed by atoms with E-state index in [9.17, 15) is 32.9 Å². The Kier molecular flexibility index (Phi) is 6.33. The minimum Gasteiger partial charge on any atom is -0.479 e. The van der Waals surface area contributed by atoms with Crippen LogP contribution in [0, 0.1) is 5.82 Å². The quantitative estimate of drug-likeness (QED) is 0.278. The lowest BCUT2D eigenvalue weighted by atomic mass is 9.85. The molecule has 0 radical (unpaired) electrons. The number of nitrogens with zero attached hydrogens (tertiary/aromatic N) is 4. The fraction of sp³-hybridized carbons (Fsp3) is 0.231. The van der Waals surface area contributed by atoms with E-state index in [-0.39, 0.29) is 23.3 Å². The van der Waals surface area contributed by atoms with Crippen molar-refractivity contribution in [1.29, 1.82) is 0 Å². The van der Waals surface area contributed by atoms with E-state index in [1.165, 1.54) is 71.2 Å². The van der Waals surface area contributed by atoms with Gasteiger partial charge in [-0.05, 0) is 48.0 Å². The van der Waals surface area contributed by atoms with Gasteiger partial charge in [-0.25, -0.2) is 14.1 Å². The van der Waals surface area contributed by atoms with Crippen LogP contribution in [0.5, 0.6) is 5.88 Å². The molecule has 0 saturated heterocycles. The Morgan fingerprint density at radius 3 is 2.47 bits per heavy atom. The molecule has 2 aromatic carbocycles. The molecule has 3 aromatic heterocycles. The first-order chi connectivity index (χ1) is 18.1. The Morgan fingerprint density at radius 1 is 1.08 bits per heavy atom. The van der Waals surface area contributed by atoms with Crippen LogP contribution < -0.4 is 4.74 Å². The lowest BCUT2D eigenvalue weighted by Gasteiger charge is -2.31. The lowest BCUT2D eigenvalue weighted by molar-refractivity contribution is -0.247. The number of rotatable bonds is 7. The highest BCUT2D eigenvalue weighted by Gasteiger charge is 2.57. The van der Waals surface area contributed by atoms with Gasteiger partial charge in [-0.3, -0.25) is 0 Å². The average Bonchev–Trinajstić information content (AvgIpc) is 3.49. The van der Waals surface area contributed by atoms with Crippen LogP contribution in [-0.4, -0.2) is 60.6 Å². The second-order valence-corrected chi connectivity index (χ2v) is 8.76. The molecular weight excluding hydrogens is 508 g/mol. The van der Waals surface area contributed by atoms with Gasteiger partial charge in [-0.2, -0.15) is 18.3 Å². The number of fused-ring (bicyclic) bond motifs is 2. The van der Waals surface area contributed by atoms with E-state index in [1.807, 2.05) is 0 Å². The summed E-state index contributed by atoms with van der Waals surface area (Å²) in [5.41, 5.74) is -3.37. The predicted molar refractivity (Wildman–Crippen MR) is 129 cm³/mol. The zero-order valence-corrected chi connectivity index (χ0v) is 19.9. The number of hydrogen-bond acceptors (Lipinski definition) is 6. The number of pyridine rings is 1.